The first kappa shape index (κ1) is 17.8. The van der Waals surface area contributed by atoms with Crippen molar-refractivity contribution in [3.8, 4) is 0 Å². The molecule has 2 aromatic rings. The van der Waals surface area contributed by atoms with Crippen molar-refractivity contribution in [2.45, 2.75) is 18.5 Å². The predicted octanol–water partition coefficient (Wildman–Crippen LogP) is 5.73. The Bertz CT molecular complexity index is 714. The van der Waals surface area contributed by atoms with Crippen molar-refractivity contribution in [2.24, 2.45) is 0 Å². The lowest BCUT2D eigenvalue weighted by Gasteiger charge is -2.19. The van der Waals surface area contributed by atoms with Gasteiger partial charge in [0, 0.05) is 15.4 Å². The number of carboxylic acid groups (broad SMARTS) is 1. The van der Waals surface area contributed by atoms with Crippen LogP contribution >= 0.6 is 27.5 Å². The van der Waals surface area contributed by atoms with Gasteiger partial charge in [0.25, 0.3) is 0 Å². The van der Waals surface area contributed by atoms with Crippen molar-refractivity contribution in [1.82, 2.24) is 0 Å². The largest absolute Gasteiger partial charge is 0.481 e. The zero-order valence-electron chi connectivity index (χ0n) is 11.6. The molecule has 0 amide bonds. The van der Waals surface area contributed by atoms with E-state index in [-0.39, 0.29) is 11.4 Å². The van der Waals surface area contributed by atoms with Crippen LogP contribution in [0.5, 0.6) is 0 Å². The van der Waals surface area contributed by atoms with E-state index in [9.17, 15) is 18.0 Å². The number of halogens is 5. The molecule has 0 heterocycles. The molecule has 122 valence electrons. The molecule has 0 saturated carbocycles. The third-order valence-electron chi connectivity index (χ3n) is 3.35. The van der Waals surface area contributed by atoms with Crippen molar-refractivity contribution in [1.29, 1.82) is 0 Å². The van der Waals surface area contributed by atoms with E-state index in [1.807, 2.05) is 0 Å². The Morgan fingerprint density at radius 3 is 2.26 bits per heavy atom. The first-order chi connectivity index (χ1) is 10.7. The number of alkyl halides is 3. The molecule has 0 saturated heterocycles. The minimum absolute atomic E-state index is 0.103. The molecule has 0 aliphatic carbocycles. The highest BCUT2D eigenvalue weighted by Crippen LogP contribution is 2.37. The highest BCUT2D eigenvalue weighted by molar-refractivity contribution is 9.10. The Morgan fingerprint density at radius 2 is 1.78 bits per heavy atom. The van der Waals surface area contributed by atoms with Crippen LogP contribution in [-0.4, -0.2) is 11.1 Å². The fourth-order valence-electron chi connectivity index (χ4n) is 2.26. The fraction of sp³-hybridized carbons (Fsp3) is 0.188. The Balaban J connectivity index is 2.47. The Kier molecular flexibility index (Phi) is 5.37. The molecule has 23 heavy (non-hydrogen) atoms. The van der Waals surface area contributed by atoms with Gasteiger partial charge in [0.1, 0.15) is 0 Å². The van der Waals surface area contributed by atoms with Gasteiger partial charge in [-0.2, -0.15) is 13.2 Å². The monoisotopic (exact) mass is 406 g/mol. The summed E-state index contributed by atoms with van der Waals surface area (Å²) in [7, 11) is 0. The summed E-state index contributed by atoms with van der Waals surface area (Å²) in [6.07, 6.45) is -4.77. The van der Waals surface area contributed by atoms with E-state index in [2.05, 4.69) is 15.9 Å². The van der Waals surface area contributed by atoms with Gasteiger partial charge in [-0.05, 0) is 35.4 Å². The Hall–Kier alpha value is -1.53. The average Bonchev–Trinajstić information content (AvgIpc) is 2.45. The molecule has 0 aromatic heterocycles. The van der Waals surface area contributed by atoms with Crippen molar-refractivity contribution < 1.29 is 23.1 Å². The van der Waals surface area contributed by atoms with Crippen LogP contribution in [0.4, 0.5) is 13.2 Å². The highest BCUT2D eigenvalue weighted by Gasteiger charge is 2.31. The molecule has 1 N–H and O–H groups in total. The molecule has 7 heteroatoms. The normalized spacial score (nSPS) is 12.9. The number of benzene rings is 2. The van der Waals surface area contributed by atoms with E-state index in [0.29, 0.717) is 11.1 Å². The van der Waals surface area contributed by atoms with Gasteiger partial charge in [0.2, 0.25) is 0 Å². The number of hydrogen-bond acceptors (Lipinski definition) is 1. The molecule has 0 spiro atoms. The first-order valence-electron chi connectivity index (χ1n) is 6.52. The standard InChI is InChI=1S/C16H11BrClF3O2/c17-11-4-1-9(2-5-11)13(8-15(22)23)12-6-3-10(7-14(12)18)16(19,20)21/h1-7,13H,8H2,(H,22,23)/t13-/m0/s1. The molecule has 1 atom stereocenters. The third-order valence-corrected chi connectivity index (χ3v) is 4.21. The van der Waals surface area contributed by atoms with E-state index in [4.69, 9.17) is 16.7 Å². The SMILES string of the molecule is O=C(O)C[C@@H](c1ccc(Br)cc1)c1ccc(C(F)(F)F)cc1Cl. The van der Waals surface area contributed by atoms with Crippen molar-refractivity contribution >= 4 is 33.5 Å². The molecule has 0 bridgehead atoms. The molecule has 2 aromatic carbocycles. The van der Waals surface area contributed by atoms with Gasteiger partial charge in [0.05, 0.1) is 12.0 Å². The second-order valence-electron chi connectivity index (χ2n) is 4.94. The maximum atomic E-state index is 12.7. The fourth-order valence-corrected chi connectivity index (χ4v) is 2.84. The Labute approximate surface area is 144 Å². The summed E-state index contributed by atoms with van der Waals surface area (Å²) < 4.78 is 39.0. The molecule has 0 radical (unpaired) electrons. The first-order valence-corrected chi connectivity index (χ1v) is 7.69. The number of carboxylic acids is 1. The lowest BCUT2D eigenvalue weighted by Crippen LogP contribution is -2.10. The number of rotatable bonds is 4. The quantitative estimate of drug-likeness (QED) is 0.703. The van der Waals surface area contributed by atoms with Gasteiger partial charge in [-0.25, -0.2) is 0 Å². The maximum Gasteiger partial charge on any atom is 0.416 e. The van der Waals surface area contributed by atoms with E-state index in [0.717, 1.165) is 16.6 Å². The van der Waals surface area contributed by atoms with E-state index >= 15 is 0 Å². The lowest BCUT2D eigenvalue weighted by molar-refractivity contribution is -0.138. The number of hydrogen-bond donors (Lipinski definition) is 1. The van der Waals surface area contributed by atoms with Gasteiger partial charge >= 0.3 is 12.1 Å². The van der Waals surface area contributed by atoms with Crippen LogP contribution in [-0.2, 0) is 11.0 Å². The van der Waals surface area contributed by atoms with Gasteiger partial charge in [-0.3, -0.25) is 4.79 Å². The smallest absolute Gasteiger partial charge is 0.416 e. The second-order valence-corrected chi connectivity index (χ2v) is 6.26. The molecule has 0 aliphatic heterocycles. The van der Waals surface area contributed by atoms with Crippen LogP contribution in [0.2, 0.25) is 5.02 Å². The molecular weight excluding hydrogens is 397 g/mol. The molecule has 0 aliphatic rings. The minimum atomic E-state index is -4.50. The highest BCUT2D eigenvalue weighted by atomic mass is 79.9. The number of carbonyl (C=O) groups is 1. The summed E-state index contributed by atoms with van der Waals surface area (Å²) in [5, 5.41) is 9.00. The van der Waals surface area contributed by atoms with Crippen molar-refractivity contribution in [3.05, 3.63) is 68.7 Å². The molecule has 0 unspecified atom stereocenters. The minimum Gasteiger partial charge on any atom is -0.481 e. The van der Waals surface area contributed by atoms with E-state index in [1.54, 1.807) is 24.3 Å². The Morgan fingerprint density at radius 1 is 1.17 bits per heavy atom. The van der Waals surface area contributed by atoms with Crippen LogP contribution < -0.4 is 0 Å². The zero-order valence-corrected chi connectivity index (χ0v) is 13.9. The molecule has 2 nitrogen and oxygen atoms in total. The number of aliphatic carboxylic acids is 1. The second kappa shape index (κ2) is 6.93. The summed E-state index contributed by atoms with van der Waals surface area (Å²) in [6, 6.07) is 9.88. The zero-order chi connectivity index (χ0) is 17.2. The average molecular weight is 408 g/mol. The molecule has 2 rings (SSSR count). The van der Waals surface area contributed by atoms with Crippen LogP contribution in [0.25, 0.3) is 0 Å². The van der Waals surface area contributed by atoms with Crippen LogP contribution in [0.15, 0.2) is 46.9 Å². The summed E-state index contributed by atoms with van der Waals surface area (Å²) in [6.45, 7) is 0. The van der Waals surface area contributed by atoms with Gasteiger partial charge < -0.3 is 5.11 Å². The van der Waals surface area contributed by atoms with Gasteiger partial charge in [-0.1, -0.05) is 45.7 Å². The third kappa shape index (κ3) is 4.48. The van der Waals surface area contributed by atoms with Crippen LogP contribution in [0.3, 0.4) is 0 Å². The van der Waals surface area contributed by atoms with Gasteiger partial charge in [0.15, 0.2) is 0 Å². The molecule has 0 fully saturated rings. The van der Waals surface area contributed by atoms with Crippen molar-refractivity contribution in [3.63, 3.8) is 0 Å². The van der Waals surface area contributed by atoms with E-state index < -0.39 is 23.6 Å². The predicted molar refractivity (Wildman–Crippen MR) is 84.7 cm³/mol. The summed E-state index contributed by atoms with van der Waals surface area (Å²) in [5.74, 6) is -1.69. The van der Waals surface area contributed by atoms with Crippen LogP contribution in [0.1, 0.15) is 29.0 Å². The lowest BCUT2D eigenvalue weighted by atomic mass is 9.88. The summed E-state index contributed by atoms with van der Waals surface area (Å²) in [5.41, 5.74) is 0.151. The molecular formula is C16H11BrClF3O2. The van der Waals surface area contributed by atoms with Crippen LogP contribution in [0, 0.1) is 0 Å². The maximum absolute atomic E-state index is 12.7. The van der Waals surface area contributed by atoms with E-state index in [1.165, 1.54) is 6.07 Å². The van der Waals surface area contributed by atoms with Crippen molar-refractivity contribution in [2.75, 3.05) is 0 Å². The van der Waals surface area contributed by atoms with Gasteiger partial charge in [-0.15, -0.1) is 0 Å². The summed E-state index contributed by atoms with van der Waals surface area (Å²) in [4.78, 5) is 11.1. The topological polar surface area (TPSA) is 37.3 Å². The summed E-state index contributed by atoms with van der Waals surface area (Å²) >= 11 is 9.27.